The highest BCUT2D eigenvalue weighted by atomic mass is 19.3. The first-order chi connectivity index (χ1) is 7.57. The Morgan fingerprint density at radius 2 is 2.12 bits per heavy atom. The molecule has 1 heterocycles. The first-order valence-electron chi connectivity index (χ1n) is 5.78. The Morgan fingerprint density at radius 1 is 1.44 bits per heavy atom. The van der Waals surface area contributed by atoms with Crippen molar-refractivity contribution in [1.29, 1.82) is 0 Å². The molecule has 0 aliphatic heterocycles. The summed E-state index contributed by atoms with van der Waals surface area (Å²) in [6.45, 7) is 0.764. The van der Waals surface area contributed by atoms with Gasteiger partial charge in [-0.3, -0.25) is 0 Å². The van der Waals surface area contributed by atoms with E-state index in [0.29, 0.717) is 12.8 Å². The van der Waals surface area contributed by atoms with Crippen LogP contribution in [0.3, 0.4) is 0 Å². The van der Waals surface area contributed by atoms with Gasteiger partial charge in [0.25, 0.3) is 0 Å². The predicted molar refractivity (Wildman–Crippen MR) is 59.5 cm³/mol. The number of aryl methyl sites for hydroxylation is 1. The molecular formula is C12H18F2N2. The van der Waals surface area contributed by atoms with Crippen LogP contribution in [-0.4, -0.2) is 16.5 Å². The molecule has 0 amide bonds. The molecule has 2 nitrogen and oxygen atoms in total. The summed E-state index contributed by atoms with van der Waals surface area (Å²) in [6, 6.07) is 4.28. The summed E-state index contributed by atoms with van der Waals surface area (Å²) in [7, 11) is 1.99. The minimum Gasteiger partial charge on any atom is -0.353 e. The van der Waals surface area contributed by atoms with Crippen molar-refractivity contribution in [1.82, 2.24) is 9.88 Å². The summed E-state index contributed by atoms with van der Waals surface area (Å²) in [5.74, 6) is -2.43. The van der Waals surface area contributed by atoms with E-state index in [1.807, 2.05) is 29.9 Å². The van der Waals surface area contributed by atoms with Crippen LogP contribution in [0, 0.1) is 0 Å². The van der Waals surface area contributed by atoms with E-state index in [1.54, 1.807) is 0 Å². The third-order valence-electron chi connectivity index (χ3n) is 3.34. The second-order valence-electron chi connectivity index (χ2n) is 4.62. The largest absolute Gasteiger partial charge is 0.353 e. The fourth-order valence-corrected chi connectivity index (χ4v) is 2.17. The maximum atomic E-state index is 12.9. The summed E-state index contributed by atoms with van der Waals surface area (Å²) < 4.78 is 27.9. The Labute approximate surface area is 94.6 Å². The topological polar surface area (TPSA) is 17.0 Å². The molecule has 1 aliphatic rings. The highest BCUT2D eigenvalue weighted by molar-refractivity contribution is 5.06. The molecule has 1 fully saturated rings. The average Bonchev–Trinajstić information content (AvgIpc) is 2.63. The molecule has 0 spiro atoms. The third-order valence-corrected chi connectivity index (χ3v) is 3.34. The van der Waals surface area contributed by atoms with Crippen molar-refractivity contribution in [3.8, 4) is 0 Å². The van der Waals surface area contributed by atoms with Gasteiger partial charge in [0.1, 0.15) is 0 Å². The lowest BCUT2D eigenvalue weighted by Gasteiger charge is -2.28. The normalized spacial score (nSPS) is 21.2. The third kappa shape index (κ3) is 2.82. The van der Waals surface area contributed by atoms with Crippen LogP contribution >= 0.6 is 0 Å². The standard InChI is InChI=1S/C12H18F2N2/c1-16-8-2-3-11(16)9-15-10-4-6-12(13,14)7-5-10/h2-3,8,10,15H,4-7,9H2,1H3. The van der Waals surface area contributed by atoms with Crippen LogP contribution in [0.25, 0.3) is 0 Å². The Balaban J connectivity index is 1.78. The quantitative estimate of drug-likeness (QED) is 0.841. The molecule has 1 N–H and O–H groups in total. The Morgan fingerprint density at radius 3 is 2.69 bits per heavy atom. The van der Waals surface area contributed by atoms with Gasteiger partial charge in [-0.2, -0.15) is 0 Å². The molecule has 0 saturated heterocycles. The van der Waals surface area contributed by atoms with Gasteiger partial charge in [-0.1, -0.05) is 0 Å². The molecule has 1 aromatic heterocycles. The number of nitrogens with one attached hydrogen (secondary N) is 1. The Kier molecular flexibility index (Phi) is 3.28. The molecule has 1 saturated carbocycles. The van der Waals surface area contributed by atoms with E-state index >= 15 is 0 Å². The maximum Gasteiger partial charge on any atom is 0.248 e. The molecule has 0 radical (unpaired) electrons. The molecule has 2 rings (SSSR count). The van der Waals surface area contributed by atoms with Crippen LogP contribution < -0.4 is 5.32 Å². The summed E-state index contributed by atoms with van der Waals surface area (Å²) in [4.78, 5) is 0. The number of aromatic nitrogens is 1. The van der Waals surface area contributed by atoms with Crippen molar-refractivity contribution in [2.45, 2.75) is 44.2 Å². The molecule has 4 heteroatoms. The lowest BCUT2D eigenvalue weighted by Crippen LogP contribution is -2.36. The molecule has 0 unspecified atom stereocenters. The summed E-state index contributed by atoms with van der Waals surface area (Å²) in [5.41, 5.74) is 1.19. The van der Waals surface area contributed by atoms with Gasteiger partial charge in [0, 0.05) is 44.4 Å². The highest BCUT2D eigenvalue weighted by Crippen LogP contribution is 2.33. The number of alkyl halides is 2. The molecule has 0 aromatic carbocycles. The minimum atomic E-state index is -2.43. The summed E-state index contributed by atoms with van der Waals surface area (Å²) >= 11 is 0. The van der Waals surface area contributed by atoms with Crippen LogP contribution in [-0.2, 0) is 13.6 Å². The van der Waals surface area contributed by atoms with Crippen molar-refractivity contribution in [2.24, 2.45) is 7.05 Å². The van der Waals surface area contributed by atoms with Crippen molar-refractivity contribution < 1.29 is 8.78 Å². The molecule has 16 heavy (non-hydrogen) atoms. The second-order valence-corrected chi connectivity index (χ2v) is 4.62. The van der Waals surface area contributed by atoms with Crippen LogP contribution in [0.5, 0.6) is 0 Å². The zero-order chi connectivity index (χ0) is 11.6. The SMILES string of the molecule is Cn1cccc1CNC1CCC(F)(F)CC1. The zero-order valence-corrected chi connectivity index (χ0v) is 9.55. The van der Waals surface area contributed by atoms with E-state index in [-0.39, 0.29) is 18.9 Å². The van der Waals surface area contributed by atoms with Gasteiger partial charge in [0.15, 0.2) is 0 Å². The minimum absolute atomic E-state index is 0.0256. The molecule has 0 atom stereocenters. The molecule has 0 bridgehead atoms. The predicted octanol–water partition coefficient (Wildman–Crippen LogP) is 2.69. The van der Waals surface area contributed by atoms with E-state index in [0.717, 1.165) is 6.54 Å². The second kappa shape index (κ2) is 4.53. The van der Waals surface area contributed by atoms with Gasteiger partial charge >= 0.3 is 0 Å². The smallest absolute Gasteiger partial charge is 0.248 e. The van der Waals surface area contributed by atoms with E-state index in [1.165, 1.54) is 5.69 Å². The summed E-state index contributed by atoms with van der Waals surface area (Å²) in [6.07, 6.45) is 3.20. The highest BCUT2D eigenvalue weighted by Gasteiger charge is 2.34. The van der Waals surface area contributed by atoms with Crippen molar-refractivity contribution in [3.63, 3.8) is 0 Å². The van der Waals surface area contributed by atoms with Crippen molar-refractivity contribution in [3.05, 3.63) is 24.0 Å². The van der Waals surface area contributed by atoms with E-state index in [2.05, 4.69) is 5.32 Å². The maximum absolute atomic E-state index is 12.9. The fourth-order valence-electron chi connectivity index (χ4n) is 2.17. The number of hydrogen-bond acceptors (Lipinski definition) is 1. The average molecular weight is 228 g/mol. The van der Waals surface area contributed by atoms with Crippen LogP contribution in [0.4, 0.5) is 8.78 Å². The van der Waals surface area contributed by atoms with E-state index < -0.39 is 5.92 Å². The number of halogens is 2. The van der Waals surface area contributed by atoms with Crippen molar-refractivity contribution >= 4 is 0 Å². The Bertz CT molecular complexity index is 337. The van der Waals surface area contributed by atoms with Crippen LogP contribution in [0.2, 0.25) is 0 Å². The number of hydrogen-bond donors (Lipinski definition) is 1. The van der Waals surface area contributed by atoms with Gasteiger partial charge < -0.3 is 9.88 Å². The lowest BCUT2D eigenvalue weighted by atomic mass is 9.92. The number of rotatable bonds is 3. The fraction of sp³-hybridized carbons (Fsp3) is 0.667. The van der Waals surface area contributed by atoms with Gasteiger partial charge in [0.2, 0.25) is 5.92 Å². The van der Waals surface area contributed by atoms with Crippen LogP contribution in [0.15, 0.2) is 18.3 Å². The first-order valence-corrected chi connectivity index (χ1v) is 5.78. The zero-order valence-electron chi connectivity index (χ0n) is 9.55. The molecule has 90 valence electrons. The van der Waals surface area contributed by atoms with Gasteiger partial charge in [-0.05, 0) is 25.0 Å². The number of nitrogens with zero attached hydrogens (tertiary/aromatic N) is 1. The molecular weight excluding hydrogens is 210 g/mol. The van der Waals surface area contributed by atoms with E-state index in [4.69, 9.17) is 0 Å². The van der Waals surface area contributed by atoms with Gasteiger partial charge in [0.05, 0.1) is 0 Å². The monoisotopic (exact) mass is 228 g/mol. The van der Waals surface area contributed by atoms with Gasteiger partial charge in [-0.25, -0.2) is 8.78 Å². The summed E-state index contributed by atoms with van der Waals surface area (Å²) in [5, 5.41) is 3.35. The molecule has 1 aromatic rings. The van der Waals surface area contributed by atoms with Crippen LogP contribution in [0.1, 0.15) is 31.4 Å². The molecule has 1 aliphatic carbocycles. The van der Waals surface area contributed by atoms with Gasteiger partial charge in [-0.15, -0.1) is 0 Å². The lowest BCUT2D eigenvalue weighted by molar-refractivity contribution is -0.0405. The van der Waals surface area contributed by atoms with Crippen molar-refractivity contribution in [2.75, 3.05) is 0 Å². The van der Waals surface area contributed by atoms with E-state index in [9.17, 15) is 8.78 Å². The first kappa shape index (κ1) is 11.6. The Hall–Kier alpha value is -0.900.